The molecule has 4 fully saturated rings. The Morgan fingerprint density at radius 2 is 1.50 bits per heavy atom. The van der Waals surface area contributed by atoms with Crippen LogP contribution >= 0.6 is 15.9 Å². The fourth-order valence-corrected chi connectivity index (χ4v) is 5.39. The van der Waals surface area contributed by atoms with Crippen LogP contribution in [0.15, 0.2) is 0 Å². The molecule has 0 saturated heterocycles. The van der Waals surface area contributed by atoms with Gasteiger partial charge >= 0.3 is 5.97 Å². The number of alkyl halides is 1. The Balaban J connectivity index is 1.40. The van der Waals surface area contributed by atoms with Gasteiger partial charge in [-0.2, -0.15) is 0 Å². The SMILES string of the molecule is O=C(CCCCCCBr)OC1C2CC3CC(C2)CC1C3. The highest BCUT2D eigenvalue weighted by Crippen LogP contribution is 2.54. The lowest BCUT2D eigenvalue weighted by atomic mass is 9.55. The van der Waals surface area contributed by atoms with Crippen molar-refractivity contribution in [3.05, 3.63) is 0 Å². The summed E-state index contributed by atoms with van der Waals surface area (Å²) in [5.41, 5.74) is 0. The number of ether oxygens (including phenoxy) is 1. The van der Waals surface area contributed by atoms with Crippen LogP contribution < -0.4 is 0 Å². The number of halogens is 1. The predicted molar refractivity (Wildman–Crippen MR) is 83.8 cm³/mol. The van der Waals surface area contributed by atoms with Gasteiger partial charge in [-0.05, 0) is 68.6 Å². The van der Waals surface area contributed by atoms with Gasteiger partial charge in [0.25, 0.3) is 0 Å². The number of carbonyl (C=O) groups is 1. The van der Waals surface area contributed by atoms with E-state index in [1.807, 2.05) is 0 Å². The molecule has 4 aliphatic rings. The lowest BCUT2D eigenvalue weighted by Crippen LogP contribution is -2.50. The third kappa shape index (κ3) is 3.40. The van der Waals surface area contributed by atoms with Crippen LogP contribution in [0, 0.1) is 23.7 Å². The van der Waals surface area contributed by atoms with Crippen molar-refractivity contribution in [2.75, 3.05) is 5.33 Å². The van der Waals surface area contributed by atoms with Gasteiger partial charge in [-0.1, -0.05) is 28.8 Å². The van der Waals surface area contributed by atoms with Crippen molar-refractivity contribution >= 4 is 21.9 Å². The zero-order valence-electron chi connectivity index (χ0n) is 12.4. The average Bonchev–Trinajstić information content (AvgIpc) is 2.42. The maximum absolute atomic E-state index is 12.0. The number of esters is 1. The summed E-state index contributed by atoms with van der Waals surface area (Å²) in [4.78, 5) is 12.0. The van der Waals surface area contributed by atoms with E-state index in [2.05, 4.69) is 15.9 Å². The first-order chi connectivity index (χ1) is 9.76. The number of rotatable bonds is 7. The van der Waals surface area contributed by atoms with Crippen LogP contribution in [0.5, 0.6) is 0 Å². The van der Waals surface area contributed by atoms with E-state index in [9.17, 15) is 4.79 Å². The van der Waals surface area contributed by atoms with E-state index < -0.39 is 0 Å². The lowest BCUT2D eigenvalue weighted by molar-refractivity contribution is -0.170. The fraction of sp³-hybridized carbons (Fsp3) is 0.941. The van der Waals surface area contributed by atoms with Gasteiger partial charge in [0.15, 0.2) is 0 Å². The number of hydrogen-bond acceptors (Lipinski definition) is 2. The predicted octanol–water partition coefficient (Wildman–Crippen LogP) is 4.70. The summed E-state index contributed by atoms with van der Waals surface area (Å²) in [6, 6.07) is 0. The average molecular weight is 343 g/mol. The van der Waals surface area contributed by atoms with Crippen molar-refractivity contribution in [3.8, 4) is 0 Å². The Morgan fingerprint density at radius 1 is 0.900 bits per heavy atom. The molecule has 0 heterocycles. The summed E-state index contributed by atoms with van der Waals surface area (Å²) in [7, 11) is 0. The quantitative estimate of drug-likeness (QED) is 0.380. The first kappa shape index (κ1) is 14.9. The molecule has 114 valence electrons. The van der Waals surface area contributed by atoms with Crippen LogP contribution in [0.3, 0.4) is 0 Å². The second-order valence-corrected chi connectivity index (χ2v) is 8.03. The van der Waals surface area contributed by atoms with Crippen LogP contribution in [-0.4, -0.2) is 17.4 Å². The summed E-state index contributed by atoms with van der Waals surface area (Å²) >= 11 is 3.44. The Bertz CT molecular complexity index is 314. The van der Waals surface area contributed by atoms with E-state index in [0.29, 0.717) is 18.3 Å². The van der Waals surface area contributed by atoms with Gasteiger partial charge in [-0.25, -0.2) is 0 Å². The molecule has 0 N–H and O–H groups in total. The molecule has 4 rings (SSSR count). The van der Waals surface area contributed by atoms with Crippen molar-refractivity contribution in [2.45, 2.75) is 70.3 Å². The topological polar surface area (TPSA) is 26.3 Å². The minimum atomic E-state index is 0.0707. The van der Waals surface area contributed by atoms with Gasteiger partial charge in [-0.3, -0.25) is 4.79 Å². The zero-order valence-corrected chi connectivity index (χ0v) is 13.9. The highest BCUT2D eigenvalue weighted by molar-refractivity contribution is 9.09. The summed E-state index contributed by atoms with van der Waals surface area (Å²) in [6.45, 7) is 0. The Morgan fingerprint density at radius 3 is 2.10 bits per heavy atom. The van der Waals surface area contributed by atoms with Crippen LogP contribution in [0.1, 0.15) is 64.2 Å². The summed E-state index contributed by atoms with van der Waals surface area (Å²) in [5, 5.41) is 1.07. The molecule has 0 unspecified atom stereocenters. The smallest absolute Gasteiger partial charge is 0.306 e. The van der Waals surface area contributed by atoms with Gasteiger partial charge in [-0.15, -0.1) is 0 Å². The third-order valence-corrected chi connectivity index (χ3v) is 6.23. The summed E-state index contributed by atoms with van der Waals surface area (Å²) < 4.78 is 5.89. The molecule has 0 radical (unpaired) electrons. The molecular formula is C17H27BrO2. The minimum Gasteiger partial charge on any atom is -0.462 e. The molecule has 4 bridgehead atoms. The Labute approximate surface area is 131 Å². The zero-order chi connectivity index (χ0) is 13.9. The minimum absolute atomic E-state index is 0.0707. The van der Waals surface area contributed by atoms with E-state index in [1.165, 1.54) is 44.9 Å². The van der Waals surface area contributed by atoms with Gasteiger partial charge in [0.2, 0.25) is 0 Å². The number of carbonyl (C=O) groups excluding carboxylic acids is 1. The van der Waals surface area contributed by atoms with E-state index in [0.717, 1.165) is 30.0 Å². The van der Waals surface area contributed by atoms with Crippen LogP contribution in [-0.2, 0) is 9.53 Å². The van der Waals surface area contributed by atoms with Crippen molar-refractivity contribution in [3.63, 3.8) is 0 Å². The summed E-state index contributed by atoms with van der Waals surface area (Å²) in [5.74, 6) is 3.38. The number of unbranched alkanes of at least 4 members (excludes halogenated alkanes) is 3. The van der Waals surface area contributed by atoms with E-state index in [-0.39, 0.29) is 12.1 Å². The lowest BCUT2D eigenvalue weighted by Gasteiger charge is -2.53. The summed E-state index contributed by atoms with van der Waals surface area (Å²) in [6.07, 6.45) is 12.3. The Hall–Kier alpha value is -0.0500. The van der Waals surface area contributed by atoms with Crippen molar-refractivity contribution in [1.29, 1.82) is 0 Å². The maximum atomic E-state index is 12.0. The normalized spacial score (nSPS) is 38.1. The largest absolute Gasteiger partial charge is 0.462 e. The molecule has 0 amide bonds. The van der Waals surface area contributed by atoms with Crippen LogP contribution in [0.25, 0.3) is 0 Å². The molecule has 3 heteroatoms. The monoisotopic (exact) mass is 342 g/mol. The highest BCUT2D eigenvalue weighted by atomic mass is 79.9. The molecule has 2 nitrogen and oxygen atoms in total. The molecule has 4 aliphatic carbocycles. The van der Waals surface area contributed by atoms with Crippen LogP contribution in [0.2, 0.25) is 0 Å². The molecule has 0 aromatic carbocycles. The molecule has 0 atom stereocenters. The molecular weight excluding hydrogens is 316 g/mol. The van der Waals surface area contributed by atoms with Gasteiger partial charge in [0, 0.05) is 11.8 Å². The van der Waals surface area contributed by atoms with E-state index >= 15 is 0 Å². The molecule has 20 heavy (non-hydrogen) atoms. The van der Waals surface area contributed by atoms with Gasteiger partial charge < -0.3 is 4.74 Å². The molecule has 0 aliphatic heterocycles. The van der Waals surface area contributed by atoms with E-state index in [4.69, 9.17) is 4.74 Å². The first-order valence-electron chi connectivity index (χ1n) is 8.51. The third-order valence-electron chi connectivity index (χ3n) is 5.67. The van der Waals surface area contributed by atoms with Gasteiger partial charge in [0.1, 0.15) is 6.10 Å². The second-order valence-electron chi connectivity index (χ2n) is 7.24. The van der Waals surface area contributed by atoms with Crippen molar-refractivity contribution in [1.82, 2.24) is 0 Å². The highest BCUT2D eigenvalue weighted by Gasteiger charge is 2.49. The molecule has 0 aromatic heterocycles. The maximum Gasteiger partial charge on any atom is 0.306 e. The van der Waals surface area contributed by atoms with E-state index in [1.54, 1.807) is 0 Å². The molecule has 0 spiro atoms. The molecule has 4 saturated carbocycles. The molecule has 0 aromatic rings. The standard InChI is InChI=1S/C17H27BrO2/c18-6-4-2-1-3-5-16(19)20-17-14-8-12-7-13(10-14)11-15(17)9-12/h12-15,17H,1-11H2. The van der Waals surface area contributed by atoms with Crippen LogP contribution in [0.4, 0.5) is 0 Å². The van der Waals surface area contributed by atoms with Gasteiger partial charge in [0.05, 0.1) is 0 Å². The number of hydrogen-bond donors (Lipinski definition) is 0. The Kier molecular flexibility index (Phi) is 5.06. The van der Waals surface area contributed by atoms with Crippen molar-refractivity contribution < 1.29 is 9.53 Å². The first-order valence-corrected chi connectivity index (χ1v) is 9.64. The van der Waals surface area contributed by atoms with Crippen molar-refractivity contribution in [2.24, 2.45) is 23.7 Å². The second kappa shape index (κ2) is 6.81. The fourth-order valence-electron chi connectivity index (χ4n) is 5.00.